The quantitative estimate of drug-likeness (QED) is 0.800. The maximum atomic E-state index is 6.11. The Labute approximate surface area is 131 Å². The minimum absolute atomic E-state index is 0.0251. The van der Waals surface area contributed by atoms with E-state index < -0.39 is 0 Å². The molecule has 1 aromatic rings. The summed E-state index contributed by atoms with van der Waals surface area (Å²) < 4.78 is 17.3. The van der Waals surface area contributed by atoms with Gasteiger partial charge in [-0.05, 0) is 42.6 Å². The van der Waals surface area contributed by atoms with Gasteiger partial charge in [-0.25, -0.2) is 0 Å². The lowest BCUT2D eigenvalue weighted by molar-refractivity contribution is -0.221. The lowest BCUT2D eigenvalue weighted by Crippen LogP contribution is -2.67. The summed E-state index contributed by atoms with van der Waals surface area (Å²) in [6, 6.07) is 6.88. The lowest BCUT2D eigenvalue weighted by atomic mass is 9.62. The van der Waals surface area contributed by atoms with Crippen LogP contribution in [0.3, 0.4) is 0 Å². The number of likely N-dealkylation sites (tertiary alicyclic amines) is 1. The number of hydrogen-bond acceptors (Lipinski definition) is 4. The van der Waals surface area contributed by atoms with E-state index in [1.54, 1.807) is 7.11 Å². The van der Waals surface area contributed by atoms with Crippen molar-refractivity contribution in [1.82, 2.24) is 4.90 Å². The van der Waals surface area contributed by atoms with E-state index in [0.717, 1.165) is 38.3 Å². The van der Waals surface area contributed by atoms with Crippen LogP contribution < -0.4 is 4.74 Å². The minimum Gasteiger partial charge on any atom is -0.497 e. The first-order valence-electron chi connectivity index (χ1n) is 8.00. The summed E-state index contributed by atoms with van der Waals surface area (Å²) in [6.07, 6.45) is 4.28. The lowest BCUT2D eigenvalue weighted by Gasteiger charge is -2.57. The number of hydrogen-bond donors (Lipinski definition) is 0. The molecule has 2 heterocycles. The molecule has 0 saturated carbocycles. The summed E-state index contributed by atoms with van der Waals surface area (Å²) in [7, 11) is 1.73. The summed E-state index contributed by atoms with van der Waals surface area (Å²) >= 11 is 0. The normalized spacial score (nSPS) is 33.7. The maximum Gasteiger partial charge on any atom is 0.147 e. The molecule has 22 heavy (non-hydrogen) atoms. The van der Waals surface area contributed by atoms with Gasteiger partial charge in [-0.2, -0.15) is 0 Å². The van der Waals surface area contributed by atoms with Crippen molar-refractivity contribution in [3.05, 3.63) is 42.0 Å². The van der Waals surface area contributed by atoms with E-state index in [4.69, 9.17) is 14.2 Å². The molecule has 3 aliphatic rings. The first kappa shape index (κ1) is 14.2. The van der Waals surface area contributed by atoms with Gasteiger partial charge in [0.25, 0.3) is 0 Å². The molecule has 0 spiro atoms. The molecule has 0 aromatic heterocycles. The molecule has 0 radical (unpaired) electrons. The molecule has 4 nitrogen and oxygen atoms in total. The number of ether oxygens (including phenoxy) is 3. The SMILES string of the molecule is C=CCN1CC[C@]23COCO[C@H]2[C@H]1Cc1ccc(OC)cc13. The number of fused-ring (bicyclic) bond motifs is 1. The van der Waals surface area contributed by atoms with Crippen LogP contribution in [0.4, 0.5) is 0 Å². The van der Waals surface area contributed by atoms with Crippen molar-refractivity contribution >= 4 is 0 Å². The van der Waals surface area contributed by atoms with Gasteiger partial charge < -0.3 is 14.2 Å². The highest BCUT2D eigenvalue weighted by Gasteiger charge is 2.55. The maximum absolute atomic E-state index is 6.11. The van der Waals surface area contributed by atoms with E-state index in [2.05, 4.69) is 29.7 Å². The number of piperidine rings is 1. The Morgan fingerprint density at radius 2 is 2.41 bits per heavy atom. The van der Waals surface area contributed by atoms with Crippen molar-refractivity contribution in [3.63, 3.8) is 0 Å². The van der Waals surface area contributed by atoms with E-state index in [1.807, 2.05) is 6.08 Å². The Kier molecular flexibility index (Phi) is 3.48. The van der Waals surface area contributed by atoms with Crippen molar-refractivity contribution in [1.29, 1.82) is 0 Å². The van der Waals surface area contributed by atoms with Gasteiger partial charge in [-0.15, -0.1) is 6.58 Å². The predicted molar refractivity (Wildman–Crippen MR) is 84.2 cm³/mol. The van der Waals surface area contributed by atoms with Crippen LogP contribution >= 0.6 is 0 Å². The molecule has 118 valence electrons. The number of rotatable bonds is 3. The standard InChI is InChI=1S/C18H23NO3/c1-3-7-19-8-6-18-11-21-12-22-17(18)16(19)9-13-4-5-14(20-2)10-15(13)18/h3-5,10,16-17H,1,6-9,11-12H2,2H3/t16-,17+,18-/m1/s1. The third-order valence-electron chi connectivity index (χ3n) is 5.54. The molecule has 4 heteroatoms. The van der Waals surface area contributed by atoms with Gasteiger partial charge in [0.1, 0.15) is 12.5 Å². The van der Waals surface area contributed by atoms with E-state index in [0.29, 0.717) is 12.8 Å². The first-order valence-corrected chi connectivity index (χ1v) is 8.00. The molecule has 3 atom stereocenters. The molecule has 2 saturated heterocycles. The van der Waals surface area contributed by atoms with Crippen molar-refractivity contribution in [2.45, 2.75) is 30.4 Å². The summed E-state index contributed by atoms with van der Waals surface area (Å²) in [5, 5.41) is 0. The fraction of sp³-hybridized carbons (Fsp3) is 0.556. The highest BCUT2D eigenvalue weighted by molar-refractivity contribution is 5.46. The Hall–Kier alpha value is -1.36. The zero-order valence-corrected chi connectivity index (χ0v) is 13.1. The van der Waals surface area contributed by atoms with Crippen LogP contribution in [-0.4, -0.2) is 50.6 Å². The second-order valence-corrected chi connectivity index (χ2v) is 6.54. The molecule has 2 bridgehead atoms. The van der Waals surface area contributed by atoms with E-state index in [9.17, 15) is 0 Å². The van der Waals surface area contributed by atoms with Gasteiger partial charge in [0.05, 0.1) is 19.8 Å². The monoisotopic (exact) mass is 301 g/mol. The van der Waals surface area contributed by atoms with Crippen LogP contribution in [0.25, 0.3) is 0 Å². The molecule has 4 rings (SSSR count). The highest BCUT2D eigenvalue weighted by Crippen LogP contribution is 2.49. The van der Waals surface area contributed by atoms with Gasteiger partial charge >= 0.3 is 0 Å². The van der Waals surface area contributed by atoms with E-state index in [1.165, 1.54) is 11.1 Å². The van der Waals surface area contributed by atoms with Crippen molar-refractivity contribution in [2.24, 2.45) is 0 Å². The summed E-state index contributed by atoms with van der Waals surface area (Å²) in [4.78, 5) is 2.51. The largest absolute Gasteiger partial charge is 0.497 e. The zero-order chi connectivity index (χ0) is 15.2. The fourth-order valence-corrected chi connectivity index (χ4v) is 4.52. The van der Waals surface area contributed by atoms with Gasteiger partial charge in [-0.3, -0.25) is 4.90 Å². The minimum atomic E-state index is -0.0251. The number of benzene rings is 1. The van der Waals surface area contributed by atoms with Gasteiger partial charge in [0, 0.05) is 18.0 Å². The van der Waals surface area contributed by atoms with Crippen molar-refractivity contribution in [3.8, 4) is 5.75 Å². The van der Waals surface area contributed by atoms with Crippen LogP contribution in [0.5, 0.6) is 5.75 Å². The van der Waals surface area contributed by atoms with Crippen LogP contribution in [0.15, 0.2) is 30.9 Å². The van der Waals surface area contributed by atoms with Crippen molar-refractivity contribution in [2.75, 3.05) is 33.6 Å². The molecule has 0 N–H and O–H groups in total. The van der Waals surface area contributed by atoms with Gasteiger partial charge in [0.2, 0.25) is 0 Å². The van der Waals surface area contributed by atoms with Gasteiger partial charge in [-0.1, -0.05) is 12.1 Å². The Balaban J connectivity index is 1.82. The summed E-state index contributed by atoms with van der Waals surface area (Å²) in [5.41, 5.74) is 2.75. The molecular weight excluding hydrogens is 278 g/mol. The van der Waals surface area contributed by atoms with Crippen LogP contribution in [0.1, 0.15) is 17.5 Å². The molecule has 0 unspecified atom stereocenters. The van der Waals surface area contributed by atoms with E-state index >= 15 is 0 Å². The zero-order valence-electron chi connectivity index (χ0n) is 13.1. The van der Waals surface area contributed by atoms with Crippen LogP contribution in [0, 0.1) is 0 Å². The second-order valence-electron chi connectivity index (χ2n) is 6.54. The van der Waals surface area contributed by atoms with Crippen LogP contribution in [-0.2, 0) is 21.3 Å². The first-order chi connectivity index (χ1) is 10.8. The molecule has 1 aliphatic carbocycles. The summed E-state index contributed by atoms with van der Waals surface area (Å²) in [5.74, 6) is 0.921. The topological polar surface area (TPSA) is 30.9 Å². The number of nitrogens with zero attached hydrogens (tertiary/aromatic N) is 1. The molecule has 2 aliphatic heterocycles. The average Bonchev–Trinajstić information content (AvgIpc) is 2.57. The Morgan fingerprint density at radius 3 is 3.23 bits per heavy atom. The predicted octanol–water partition coefficient (Wildman–Crippen LogP) is 2.12. The number of methoxy groups -OCH3 is 1. The average molecular weight is 301 g/mol. The van der Waals surface area contributed by atoms with Gasteiger partial charge in [0.15, 0.2) is 0 Å². The van der Waals surface area contributed by atoms with Crippen molar-refractivity contribution < 1.29 is 14.2 Å². The second kappa shape index (κ2) is 5.37. The Bertz CT molecular complexity index is 588. The highest BCUT2D eigenvalue weighted by atomic mass is 16.7. The molecular formula is C18H23NO3. The van der Waals surface area contributed by atoms with E-state index in [-0.39, 0.29) is 11.5 Å². The third kappa shape index (κ3) is 1.94. The molecule has 0 amide bonds. The summed E-state index contributed by atoms with van der Waals surface area (Å²) in [6.45, 7) is 7.05. The van der Waals surface area contributed by atoms with Crippen LogP contribution in [0.2, 0.25) is 0 Å². The molecule has 1 aromatic carbocycles. The smallest absolute Gasteiger partial charge is 0.147 e. The molecule has 2 fully saturated rings. The Morgan fingerprint density at radius 1 is 1.50 bits per heavy atom. The third-order valence-corrected chi connectivity index (χ3v) is 5.54. The fourth-order valence-electron chi connectivity index (χ4n) is 4.52.